The van der Waals surface area contributed by atoms with Gasteiger partial charge in [-0.25, -0.2) is 9.59 Å². The molecule has 0 unspecified atom stereocenters. The predicted octanol–water partition coefficient (Wildman–Crippen LogP) is 8.39. The fraction of sp³-hybridized carbons (Fsp3) is 0.328. The SMILES string of the molecule is CCc1cc(C(=O)O)c(=O)[nH]c1-c1ccc2c(c1)cc(CN1CCN(C(C)=O)CC1)n2C.CCc1cc(C(=O)O)c(=O)[nH]c1-c1ccc2c(c1)cc(CN1C[C@@H]3[C@H](C1)[C@@H]3N(Cc1ccccc1)Cc1ccccc1)n2C. The number of aromatic carboxylic acids is 2. The Bertz CT molecular complexity index is 3540. The molecule has 4 N–H and O–H groups in total. The summed E-state index contributed by atoms with van der Waals surface area (Å²) in [6.45, 7) is 14.6. The number of aromatic nitrogens is 4. The number of carbonyl (C=O) groups is 3. The number of piperidine rings is 1. The van der Waals surface area contributed by atoms with Crippen LogP contribution in [0.4, 0.5) is 0 Å². The highest BCUT2D eigenvalue weighted by Crippen LogP contribution is 2.50. The quantitative estimate of drug-likeness (QED) is 0.0780. The van der Waals surface area contributed by atoms with Gasteiger partial charge in [-0.05, 0) is 107 Å². The van der Waals surface area contributed by atoms with Crippen LogP contribution in [0.2, 0.25) is 0 Å². The van der Waals surface area contributed by atoms with Crippen LogP contribution in [0, 0.1) is 11.8 Å². The number of fused-ring (bicyclic) bond motifs is 3. The number of carbonyl (C=O) groups excluding carboxylic acids is 1. The first-order chi connectivity index (χ1) is 36.7. The zero-order valence-corrected chi connectivity index (χ0v) is 43.9. The van der Waals surface area contributed by atoms with E-state index in [0.717, 1.165) is 110 Å². The predicted molar refractivity (Wildman–Crippen MR) is 296 cm³/mol. The van der Waals surface area contributed by atoms with Crippen LogP contribution < -0.4 is 11.1 Å². The van der Waals surface area contributed by atoms with E-state index in [2.05, 4.69) is 126 Å². The molecule has 76 heavy (non-hydrogen) atoms. The number of nitrogens with zero attached hydrogens (tertiary/aromatic N) is 6. The highest BCUT2D eigenvalue weighted by atomic mass is 16.4. The van der Waals surface area contributed by atoms with E-state index in [1.165, 1.54) is 34.6 Å². The number of carboxylic acid groups (broad SMARTS) is 2. The summed E-state index contributed by atoms with van der Waals surface area (Å²) in [4.78, 5) is 74.2. The van der Waals surface area contributed by atoms with Crippen LogP contribution in [0.5, 0.6) is 0 Å². The smallest absolute Gasteiger partial charge is 0.341 e. The van der Waals surface area contributed by atoms with Crippen molar-refractivity contribution in [1.29, 1.82) is 0 Å². The van der Waals surface area contributed by atoms with Gasteiger partial charge in [0.25, 0.3) is 11.1 Å². The van der Waals surface area contributed by atoms with Crippen molar-refractivity contribution in [2.45, 2.75) is 65.8 Å². The number of aromatic amines is 2. The monoisotopic (exact) mass is 1020 g/mol. The molecule has 0 spiro atoms. The Hall–Kier alpha value is -7.85. The van der Waals surface area contributed by atoms with E-state index in [9.17, 15) is 34.2 Å². The molecule has 1 aliphatic carbocycles. The van der Waals surface area contributed by atoms with E-state index in [1.54, 1.807) is 6.92 Å². The van der Waals surface area contributed by atoms with Crippen molar-refractivity contribution in [2.75, 3.05) is 39.3 Å². The van der Waals surface area contributed by atoms with E-state index in [-0.39, 0.29) is 17.0 Å². The molecule has 3 aliphatic rings. The van der Waals surface area contributed by atoms with Crippen molar-refractivity contribution in [3.8, 4) is 22.5 Å². The Balaban J connectivity index is 0.000000182. The van der Waals surface area contributed by atoms with Gasteiger partial charge in [-0.2, -0.15) is 0 Å². The fourth-order valence-electron chi connectivity index (χ4n) is 11.8. The lowest BCUT2D eigenvalue weighted by molar-refractivity contribution is -0.130. The van der Waals surface area contributed by atoms with Crippen LogP contribution in [-0.2, 0) is 57.9 Å². The van der Waals surface area contributed by atoms with Gasteiger partial charge in [-0.15, -0.1) is 0 Å². The van der Waals surface area contributed by atoms with Crippen molar-refractivity contribution in [3.63, 3.8) is 0 Å². The van der Waals surface area contributed by atoms with Crippen LogP contribution >= 0.6 is 0 Å². The molecule has 11 rings (SSSR count). The highest BCUT2D eigenvalue weighted by molar-refractivity contribution is 5.91. The number of aryl methyl sites for hydroxylation is 4. The van der Waals surface area contributed by atoms with Gasteiger partial charge in [0, 0.05) is 126 Å². The number of H-pyrrole nitrogens is 2. The maximum atomic E-state index is 12.5. The largest absolute Gasteiger partial charge is 0.477 e. The summed E-state index contributed by atoms with van der Waals surface area (Å²) >= 11 is 0. The first-order valence-electron chi connectivity index (χ1n) is 26.4. The molecule has 4 aromatic heterocycles. The molecule has 2 aliphatic heterocycles. The summed E-state index contributed by atoms with van der Waals surface area (Å²) < 4.78 is 4.45. The van der Waals surface area contributed by atoms with Crippen LogP contribution in [-0.4, -0.2) is 112 Å². The number of amides is 1. The third kappa shape index (κ3) is 10.7. The molecule has 392 valence electrons. The second-order valence-electron chi connectivity index (χ2n) is 20.7. The molecule has 1 amide bonds. The Kier molecular flexibility index (Phi) is 14.8. The van der Waals surface area contributed by atoms with Gasteiger partial charge in [-0.3, -0.25) is 29.1 Å². The minimum atomic E-state index is -1.22. The number of hydrogen-bond donors (Lipinski definition) is 4. The molecule has 4 aromatic carbocycles. The summed E-state index contributed by atoms with van der Waals surface area (Å²) in [5, 5.41) is 20.8. The lowest BCUT2D eigenvalue weighted by Crippen LogP contribution is -2.47. The molecular formula is C61H66N8O7. The Morgan fingerprint density at radius 2 is 1.01 bits per heavy atom. The summed E-state index contributed by atoms with van der Waals surface area (Å²) in [6, 6.07) is 41.9. The number of piperazine rings is 1. The number of pyridine rings is 2. The molecule has 2 saturated heterocycles. The van der Waals surface area contributed by atoms with E-state index in [1.807, 2.05) is 50.1 Å². The number of rotatable bonds is 15. The van der Waals surface area contributed by atoms with Crippen LogP contribution in [0.25, 0.3) is 44.3 Å². The van der Waals surface area contributed by atoms with E-state index in [4.69, 9.17) is 0 Å². The molecule has 15 nitrogen and oxygen atoms in total. The topological polar surface area (TPSA) is 180 Å². The van der Waals surface area contributed by atoms with Crippen molar-refractivity contribution in [1.82, 2.24) is 38.7 Å². The Morgan fingerprint density at radius 1 is 0.579 bits per heavy atom. The van der Waals surface area contributed by atoms with E-state index >= 15 is 0 Å². The minimum Gasteiger partial charge on any atom is -0.477 e. The Labute approximate surface area is 441 Å². The van der Waals surface area contributed by atoms with Gasteiger partial charge < -0.3 is 34.2 Å². The average molecular weight is 1020 g/mol. The second kappa shape index (κ2) is 21.8. The van der Waals surface area contributed by atoms with Crippen LogP contribution in [0.3, 0.4) is 0 Å². The van der Waals surface area contributed by atoms with E-state index < -0.39 is 23.1 Å². The van der Waals surface area contributed by atoms with Crippen LogP contribution in [0.1, 0.15) is 75.1 Å². The number of carboxylic acids is 2. The third-order valence-corrected chi connectivity index (χ3v) is 16.0. The number of benzene rings is 4. The molecule has 3 atom stereocenters. The molecule has 0 bridgehead atoms. The Morgan fingerprint density at radius 3 is 1.42 bits per heavy atom. The van der Waals surface area contributed by atoms with Crippen molar-refractivity contribution in [2.24, 2.45) is 25.9 Å². The molecule has 15 heteroatoms. The highest BCUT2D eigenvalue weighted by Gasteiger charge is 2.58. The van der Waals surface area contributed by atoms with Gasteiger partial charge in [-0.1, -0.05) is 86.6 Å². The third-order valence-electron chi connectivity index (χ3n) is 16.0. The molecule has 1 saturated carbocycles. The normalized spacial score (nSPS) is 17.5. The lowest BCUT2D eigenvalue weighted by atomic mass is 10.0. The van der Waals surface area contributed by atoms with Gasteiger partial charge in [0.2, 0.25) is 5.91 Å². The standard InChI is InChI=1S/C37H38N4O3.C24H28N4O4/c1-3-26-18-30(37(43)44)36(42)38-34(26)27-14-15-33-28(16-27)17-29(39(33)2)21-40-22-31-32(23-40)35(31)41(19-24-10-6-4-7-11-24)20-25-12-8-5-9-13-25;1-4-16-13-20(24(31)32)23(30)25-22(16)17-5-6-21-18(11-17)12-19(26(21)3)14-27-7-9-28(10-8-27)15(2)29/h4-18,31-32,35H,3,19-23H2,1-2H3,(H,38,42)(H,43,44);5-6,11-13H,4,7-10,14H2,1-3H3,(H,25,30)(H,31,32)/t31-,32+,35-;. The van der Waals surface area contributed by atoms with Gasteiger partial charge in [0.05, 0.1) is 11.4 Å². The average Bonchev–Trinajstić information content (AvgIpc) is 3.68. The lowest BCUT2D eigenvalue weighted by Gasteiger charge is -2.34. The first-order valence-corrected chi connectivity index (χ1v) is 26.4. The van der Waals surface area contributed by atoms with E-state index in [0.29, 0.717) is 42.1 Å². The summed E-state index contributed by atoms with van der Waals surface area (Å²) in [6.07, 6.45) is 1.23. The number of likely N-dealkylation sites (tertiary alicyclic amines) is 1. The second-order valence-corrected chi connectivity index (χ2v) is 20.7. The van der Waals surface area contributed by atoms with Gasteiger partial charge in [0.1, 0.15) is 11.1 Å². The van der Waals surface area contributed by atoms with Crippen molar-refractivity contribution in [3.05, 3.63) is 187 Å². The fourth-order valence-corrected chi connectivity index (χ4v) is 11.8. The molecule has 8 aromatic rings. The summed E-state index contributed by atoms with van der Waals surface area (Å²) in [5.74, 6) is -0.910. The van der Waals surface area contributed by atoms with Crippen molar-refractivity contribution < 1.29 is 24.6 Å². The van der Waals surface area contributed by atoms with Gasteiger partial charge >= 0.3 is 11.9 Å². The molecule has 0 radical (unpaired) electrons. The van der Waals surface area contributed by atoms with Gasteiger partial charge in [0.15, 0.2) is 0 Å². The molecule has 3 fully saturated rings. The summed E-state index contributed by atoms with van der Waals surface area (Å²) in [5.41, 5.74) is 10.5. The maximum absolute atomic E-state index is 12.5. The number of nitrogens with one attached hydrogen (secondary N) is 2. The molecular weight excluding hydrogens is 957 g/mol. The van der Waals surface area contributed by atoms with Crippen LogP contribution in [0.15, 0.2) is 131 Å². The zero-order chi connectivity index (χ0) is 53.4. The maximum Gasteiger partial charge on any atom is 0.341 e. The zero-order valence-electron chi connectivity index (χ0n) is 43.9. The number of hydrogen-bond acceptors (Lipinski definition) is 8. The summed E-state index contributed by atoms with van der Waals surface area (Å²) in [7, 11) is 4.17. The minimum absolute atomic E-state index is 0.127. The van der Waals surface area contributed by atoms with Crippen molar-refractivity contribution >= 4 is 39.7 Å². The first kappa shape index (κ1) is 51.6. The molecule has 6 heterocycles.